The van der Waals surface area contributed by atoms with Crippen molar-refractivity contribution in [2.45, 2.75) is 13.0 Å². The zero-order chi connectivity index (χ0) is 12.0. The molecule has 4 heteroatoms. The van der Waals surface area contributed by atoms with Gasteiger partial charge in [0.05, 0.1) is 20.8 Å². The van der Waals surface area contributed by atoms with Gasteiger partial charge in [-0.2, -0.15) is 0 Å². The van der Waals surface area contributed by atoms with Crippen LogP contribution in [0.25, 0.3) is 0 Å². The highest BCUT2D eigenvalue weighted by Gasteiger charge is 2.11. The maximum Gasteiger partial charge on any atom is 0.126 e. The minimum absolute atomic E-state index is 0.0658. The van der Waals surface area contributed by atoms with Crippen molar-refractivity contribution >= 4 is 0 Å². The van der Waals surface area contributed by atoms with Crippen LogP contribution in [0.1, 0.15) is 11.1 Å². The Kier molecular flexibility index (Phi) is 5.08. The van der Waals surface area contributed by atoms with E-state index in [1.165, 1.54) is 0 Å². The molecule has 0 heterocycles. The first kappa shape index (κ1) is 12.8. The molecule has 0 aliphatic carbocycles. The second-order valence-corrected chi connectivity index (χ2v) is 3.39. The molecule has 0 amide bonds. The van der Waals surface area contributed by atoms with Crippen LogP contribution in [0.4, 0.5) is 0 Å². The average molecular weight is 226 g/mol. The Balaban J connectivity index is 3.14. The zero-order valence-corrected chi connectivity index (χ0v) is 9.95. The molecule has 0 spiro atoms. The van der Waals surface area contributed by atoms with Crippen molar-refractivity contribution in [3.63, 3.8) is 0 Å². The van der Waals surface area contributed by atoms with Crippen molar-refractivity contribution in [3.05, 3.63) is 23.3 Å². The summed E-state index contributed by atoms with van der Waals surface area (Å²) in [4.78, 5) is 0. The van der Waals surface area contributed by atoms with Gasteiger partial charge in [0.2, 0.25) is 0 Å². The van der Waals surface area contributed by atoms with Gasteiger partial charge >= 0.3 is 0 Å². The molecule has 0 saturated heterocycles. The first-order chi connectivity index (χ1) is 7.76. The minimum Gasteiger partial charge on any atom is -0.496 e. The molecule has 0 unspecified atom stereocenters. The molecule has 1 aromatic carbocycles. The first-order valence-corrected chi connectivity index (χ1v) is 5.10. The lowest BCUT2D eigenvalue weighted by atomic mass is 10.1. The highest BCUT2D eigenvalue weighted by atomic mass is 16.5. The van der Waals surface area contributed by atoms with E-state index in [2.05, 4.69) is 0 Å². The summed E-state index contributed by atoms with van der Waals surface area (Å²) in [6.07, 6.45) is 0.514. The molecule has 0 bridgehead atoms. The van der Waals surface area contributed by atoms with Gasteiger partial charge < -0.3 is 19.3 Å². The van der Waals surface area contributed by atoms with Crippen molar-refractivity contribution in [1.29, 1.82) is 0 Å². The standard InChI is InChI=1S/C12H18O4/c1-14-8-9-6-11(15-2)10(4-5-13)12(7-9)16-3/h6-7,13H,4-5,8H2,1-3H3. The lowest BCUT2D eigenvalue weighted by molar-refractivity contribution is 0.184. The number of hydrogen-bond acceptors (Lipinski definition) is 4. The van der Waals surface area contributed by atoms with Crippen molar-refractivity contribution in [1.82, 2.24) is 0 Å². The van der Waals surface area contributed by atoms with E-state index in [4.69, 9.17) is 19.3 Å². The Morgan fingerprint density at radius 3 is 2.00 bits per heavy atom. The van der Waals surface area contributed by atoms with Crippen LogP contribution in [0.2, 0.25) is 0 Å². The SMILES string of the molecule is COCc1cc(OC)c(CCO)c(OC)c1. The highest BCUT2D eigenvalue weighted by molar-refractivity contribution is 5.48. The molecular weight excluding hydrogens is 208 g/mol. The molecule has 90 valence electrons. The summed E-state index contributed by atoms with van der Waals surface area (Å²) in [7, 11) is 4.85. The topological polar surface area (TPSA) is 47.9 Å². The second-order valence-electron chi connectivity index (χ2n) is 3.39. The Hall–Kier alpha value is -1.26. The monoisotopic (exact) mass is 226 g/mol. The van der Waals surface area contributed by atoms with E-state index in [1.54, 1.807) is 21.3 Å². The van der Waals surface area contributed by atoms with Gasteiger partial charge in [-0.1, -0.05) is 0 Å². The van der Waals surface area contributed by atoms with Crippen molar-refractivity contribution in [2.24, 2.45) is 0 Å². The predicted molar refractivity (Wildman–Crippen MR) is 61.0 cm³/mol. The van der Waals surface area contributed by atoms with Crippen molar-refractivity contribution < 1.29 is 19.3 Å². The zero-order valence-electron chi connectivity index (χ0n) is 9.95. The lowest BCUT2D eigenvalue weighted by Crippen LogP contribution is -2.01. The predicted octanol–water partition coefficient (Wildman–Crippen LogP) is 1.39. The van der Waals surface area contributed by atoms with E-state index >= 15 is 0 Å². The van der Waals surface area contributed by atoms with Gasteiger partial charge in [-0.25, -0.2) is 0 Å². The van der Waals surface area contributed by atoms with Gasteiger partial charge in [-0.15, -0.1) is 0 Å². The fraction of sp³-hybridized carbons (Fsp3) is 0.500. The average Bonchev–Trinajstić information content (AvgIpc) is 2.31. The molecule has 0 radical (unpaired) electrons. The third-order valence-corrected chi connectivity index (χ3v) is 2.34. The molecule has 0 aliphatic rings. The van der Waals surface area contributed by atoms with Crippen LogP contribution in [0, 0.1) is 0 Å². The molecule has 1 rings (SSSR count). The van der Waals surface area contributed by atoms with Gasteiger partial charge in [0, 0.05) is 25.7 Å². The summed E-state index contributed by atoms with van der Waals surface area (Å²) in [5.41, 5.74) is 1.87. The van der Waals surface area contributed by atoms with E-state index in [0.29, 0.717) is 13.0 Å². The lowest BCUT2D eigenvalue weighted by Gasteiger charge is -2.14. The van der Waals surface area contributed by atoms with Crippen LogP contribution in [-0.4, -0.2) is 33.0 Å². The van der Waals surface area contributed by atoms with E-state index in [-0.39, 0.29) is 6.61 Å². The van der Waals surface area contributed by atoms with Gasteiger partial charge in [0.1, 0.15) is 11.5 Å². The smallest absolute Gasteiger partial charge is 0.126 e. The molecule has 1 N–H and O–H groups in total. The summed E-state index contributed by atoms with van der Waals surface area (Å²) >= 11 is 0. The number of rotatable bonds is 6. The fourth-order valence-electron chi connectivity index (χ4n) is 1.65. The Morgan fingerprint density at radius 1 is 1.06 bits per heavy atom. The number of methoxy groups -OCH3 is 3. The van der Waals surface area contributed by atoms with Gasteiger partial charge in [-0.05, 0) is 17.7 Å². The van der Waals surface area contributed by atoms with E-state index < -0.39 is 0 Å². The molecule has 0 saturated carbocycles. The maximum atomic E-state index is 9.00. The number of benzene rings is 1. The summed E-state index contributed by atoms with van der Waals surface area (Å²) in [6, 6.07) is 3.80. The quantitative estimate of drug-likeness (QED) is 0.796. The van der Waals surface area contributed by atoms with E-state index in [0.717, 1.165) is 22.6 Å². The number of hydrogen-bond donors (Lipinski definition) is 1. The van der Waals surface area contributed by atoms with Crippen LogP contribution in [-0.2, 0) is 17.8 Å². The second kappa shape index (κ2) is 6.35. The molecule has 16 heavy (non-hydrogen) atoms. The van der Waals surface area contributed by atoms with Gasteiger partial charge in [0.15, 0.2) is 0 Å². The highest BCUT2D eigenvalue weighted by Crippen LogP contribution is 2.31. The molecule has 4 nitrogen and oxygen atoms in total. The number of aliphatic hydroxyl groups is 1. The largest absolute Gasteiger partial charge is 0.496 e. The third-order valence-electron chi connectivity index (χ3n) is 2.34. The van der Waals surface area contributed by atoms with E-state index in [9.17, 15) is 0 Å². The van der Waals surface area contributed by atoms with Gasteiger partial charge in [0.25, 0.3) is 0 Å². The van der Waals surface area contributed by atoms with Crippen molar-refractivity contribution in [2.75, 3.05) is 27.9 Å². The normalized spacial score (nSPS) is 10.2. The Labute approximate surface area is 95.8 Å². The molecule has 1 aromatic rings. The number of aliphatic hydroxyl groups excluding tert-OH is 1. The summed E-state index contributed by atoms with van der Waals surface area (Å²) in [5, 5.41) is 9.00. The first-order valence-electron chi connectivity index (χ1n) is 5.10. The van der Waals surface area contributed by atoms with Crippen molar-refractivity contribution in [3.8, 4) is 11.5 Å². The molecule has 0 aliphatic heterocycles. The van der Waals surface area contributed by atoms with Crippen LogP contribution in [0.5, 0.6) is 11.5 Å². The Bertz CT molecular complexity index is 311. The molecule has 0 atom stereocenters. The molecule has 0 fully saturated rings. The van der Waals surface area contributed by atoms with Crippen LogP contribution in [0.3, 0.4) is 0 Å². The minimum atomic E-state index is 0.0658. The fourth-order valence-corrected chi connectivity index (χ4v) is 1.65. The molecule has 0 aromatic heterocycles. The maximum absolute atomic E-state index is 9.00. The Morgan fingerprint density at radius 2 is 1.62 bits per heavy atom. The summed E-state index contributed by atoms with van der Waals surface area (Å²) < 4.78 is 15.6. The summed E-state index contributed by atoms with van der Waals surface area (Å²) in [5.74, 6) is 1.45. The molecular formula is C12H18O4. The number of ether oxygens (including phenoxy) is 3. The third kappa shape index (κ3) is 2.87. The van der Waals surface area contributed by atoms with E-state index in [1.807, 2.05) is 12.1 Å². The van der Waals surface area contributed by atoms with Gasteiger partial charge in [-0.3, -0.25) is 0 Å². The van der Waals surface area contributed by atoms with Crippen LogP contribution in [0.15, 0.2) is 12.1 Å². The summed E-state index contributed by atoms with van der Waals surface area (Å²) in [6.45, 7) is 0.572. The van der Waals surface area contributed by atoms with Crippen LogP contribution < -0.4 is 9.47 Å². The van der Waals surface area contributed by atoms with Crippen LogP contribution >= 0.6 is 0 Å².